The number of rotatable bonds is 3. The predicted molar refractivity (Wildman–Crippen MR) is 62.0 cm³/mol. The van der Waals surface area contributed by atoms with Gasteiger partial charge >= 0.3 is 6.18 Å². The first-order chi connectivity index (χ1) is 8.88. The van der Waals surface area contributed by atoms with Crippen LogP contribution in [0.3, 0.4) is 0 Å². The van der Waals surface area contributed by atoms with Crippen molar-refractivity contribution in [1.82, 2.24) is 19.7 Å². The second-order valence-electron chi connectivity index (χ2n) is 3.80. The fraction of sp³-hybridized carbons (Fsp3) is 0.300. The van der Waals surface area contributed by atoms with Gasteiger partial charge in [-0.15, -0.1) is 0 Å². The molecule has 0 saturated heterocycles. The molecule has 0 atom stereocenters. The van der Waals surface area contributed by atoms with Crippen molar-refractivity contribution in [3.8, 4) is 0 Å². The number of nitrogen functional groups attached to an aromatic ring is 1. The van der Waals surface area contributed by atoms with Crippen molar-refractivity contribution >= 4 is 11.8 Å². The molecule has 0 saturated carbocycles. The zero-order valence-electron chi connectivity index (χ0n) is 9.94. The van der Waals surface area contributed by atoms with Crippen LogP contribution in [0.4, 0.5) is 24.9 Å². The van der Waals surface area contributed by atoms with E-state index in [1.807, 2.05) is 0 Å². The quantitative estimate of drug-likeness (QED) is 0.883. The standard InChI is InChI=1S/C10H11F3N6/c1-19-8(14)6(5-17-19)4-16-9-15-3-2-7(18-9)10(11,12)13/h2-3,5H,4,14H2,1H3,(H,15,16,18). The van der Waals surface area contributed by atoms with Crippen LogP contribution in [-0.4, -0.2) is 19.7 Å². The highest BCUT2D eigenvalue weighted by Gasteiger charge is 2.32. The van der Waals surface area contributed by atoms with Crippen molar-refractivity contribution in [3.05, 3.63) is 29.7 Å². The molecule has 19 heavy (non-hydrogen) atoms. The van der Waals surface area contributed by atoms with Crippen LogP contribution in [0.2, 0.25) is 0 Å². The maximum atomic E-state index is 12.4. The minimum atomic E-state index is -4.49. The highest BCUT2D eigenvalue weighted by Crippen LogP contribution is 2.27. The SMILES string of the molecule is Cn1ncc(CNc2nccc(C(F)(F)F)n2)c1N. The minimum Gasteiger partial charge on any atom is -0.384 e. The minimum absolute atomic E-state index is 0.113. The van der Waals surface area contributed by atoms with Crippen molar-refractivity contribution < 1.29 is 13.2 Å². The lowest BCUT2D eigenvalue weighted by Gasteiger charge is -2.08. The molecule has 2 rings (SSSR count). The van der Waals surface area contributed by atoms with Crippen LogP contribution in [0.15, 0.2) is 18.5 Å². The van der Waals surface area contributed by atoms with Crippen molar-refractivity contribution in [3.63, 3.8) is 0 Å². The summed E-state index contributed by atoms with van der Waals surface area (Å²) in [5, 5.41) is 6.59. The number of alkyl halides is 3. The molecule has 0 radical (unpaired) electrons. The molecule has 0 aromatic carbocycles. The third-order valence-corrected chi connectivity index (χ3v) is 2.45. The molecule has 0 aliphatic heterocycles. The van der Waals surface area contributed by atoms with E-state index in [9.17, 15) is 13.2 Å². The van der Waals surface area contributed by atoms with E-state index in [1.165, 1.54) is 10.9 Å². The number of nitrogens with two attached hydrogens (primary N) is 1. The Morgan fingerprint density at radius 3 is 2.74 bits per heavy atom. The molecule has 2 aromatic heterocycles. The van der Waals surface area contributed by atoms with Gasteiger partial charge < -0.3 is 11.1 Å². The Morgan fingerprint density at radius 1 is 1.42 bits per heavy atom. The maximum Gasteiger partial charge on any atom is 0.433 e. The largest absolute Gasteiger partial charge is 0.433 e. The van der Waals surface area contributed by atoms with Crippen LogP contribution < -0.4 is 11.1 Å². The molecule has 2 aromatic rings. The molecule has 0 aliphatic rings. The van der Waals surface area contributed by atoms with Gasteiger partial charge in [0.1, 0.15) is 11.5 Å². The van der Waals surface area contributed by atoms with Crippen LogP contribution in [0.25, 0.3) is 0 Å². The van der Waals surface area contributed by atoms with Crippen LogP contribution in [0.1, 0.15) is 11.3 Å². The number of aromatic nitrogens is 4. The van der Waals surface area contributed by atoms with E-state index in [4.69, 9.17) is 5.73 Å². The van der Waals surface area contributed by atoms with Gasteiger partial charge in [0.2, 0.25) is 5.95 Å². The third kappa shape index (κ3) is 2.92. The molecule has 2 heterocycles. The number of aryl methyl sites for hydroxylation is 1. The van der Waals surface area contributed by atoms with Crippen LogP contribution in [0.5, 0.6) is 0 Å². The van der Waals surface area contributed by atoms with Crippen molar-refractivity contribution in [2.45, 2.75) is 12.7 Å². The Balaban J connectivity index is 2.10. The topological polar surface area (TPSA) is 81.7 Å². The first kappa shape index (κ1) is 13.1. The molecule has 0 amide bonds. The third-order valence-electron chi connectivity index (χ3n) is 2.45. The molecule has 0 unspecified atom stereocenters. The lowest BCUT2D eigenvalue weighted by molar-refractivity contribution is -0.141. The Labute approximate surface area is 106 Å². The number of halogens is 3. The summed E-state index contributed by atoms with van der Waals surface area (Å²) in [5.41, 5.74) is 5.37. The highest BCUT2D eigenvalue weighted by atomic mass is 19.4. The Morgan fingerprint density at radius 2 is 2.16 bits per heavy atom. The Hall–Kier alpha value is -2.32. The van der Waals surface area contributed by atoms with E-state index < -0.39 is 11.9 Å². The van der Waals surface area contributed by atoms with Crippen molar-refractivity contribution in [1.29, 1.82) is 0 Å². The second kappa shape index (κ2) is 4.75. The van der Waals surface area contributed by atoms with Gasteiger partial charge in [0.05, 0.1) is 6.20 Å². The molecule has 0 bridgehead atoms. The average molecular weight is 272 g/mol. The van der Waals surface area contributed by atoms with Gasteiger partial charge in [-0.25, -0.2) is 9.97 Å². The van der Waals surface area contributed by atoms with E-state index in [0.29, 0.717) is 11.4 Å². The number of nitrogens with zero attached hydrogens (tertiary/aromatic N) is 4. The van der Waals surface area contributed by atoms with Gasteiger partial charge in [-0.1, -0.05) is 0 Å². The molecular formula is C10H11F3N6. The molecule has 0 spiro atoms. The summed E-state index contributed by atoms with van der Waals surface area (Å²) in [6.07, 6.45) is -1.92. The van der Waals surface area contributed by atoms with Gasteiger partial charge in [-0.3, -0.25) is 4.68 Å². The Bertz CT molecular complexity index is 577. The fourth-order valence-electron chi connectivity index (χ4n) is 1.40. The zero-order valence-corrected chi connectivity index (χ0v) is 9.94. The highest BCUT2D eigenvalue weighted by molar-refractivity contribution is 5.41. The maximum absolute atomic E-state index is 12.4. The van der Waals surface area contributed by atoms with E-state index in [1.54, 1.807) is 7.05 Å². The second-order valence-corrected chi connectivity index (χ2v) is 3.80. The summed E-state index contributed by atoms with van der Waals surface area (Å²) >= 11 is 0. The molecule has 3 N–H and O–H groups in total. The number of nitrogens with one attached hydrogen (secondary N) is 1. The first-order valence-electron chi connectivity index (χ1n) is 5.28. The monoisotopic (exact) mass is 272 g/mol. The smallest absolute Gasteiger partial charge is 0.384 e. The molecule has 102 valence electrons. The predicted octanol–water partition coefficient (Wildman–Crippen LogP) is 1.42. The van der Waals surface area contributed by atoms with E-state index >= 15 is 0 Å². The zero-order chi connectivity index (χ0) is 14.0. The van der Waals surface area contributed by atoms with Gasteiger partial charge in [-0.2, -0.15) is 18.3 Å². The summed E-state index contributed by atoms with van der Waals surface area (Å²) in [4.78, 5) is 7.09. The van der Waals surface area contributed by atoms with Gasteiger partial charge in [-0.05, 0) is 6.07 Å². The lowest BCUT2D eigenvalue weighted by Crippen LogP contribution is -2.12. The van der Waals surface area contributed by atoms with E-state index in [0.717, 1.165) is 12.3 Å². The van der Waals surface area contributed by atoms with Crippen molar-refractivity contribution in [2.75, 3.05) is 11.1 Å². The summed E-state index contributed by atoms with van der Waals surface area (Å²) in [6, 6.07) is 0.809. The Kier molecular flexibility index (Phi) is 3.28. The summed E-state index contributed by atoms with van der Waals surface area (Å²) < 4.78 is 38.8. The summed E-state index contributed by atoms with van der Waals surface area (Å²) in [7, 11) is 1.67. The van der Waals surface area contributed by atoms with Crippen LogP contribution >= 0.6 is 0 Å². The van der Waals surface area contributed by atoms with Gasteiger partial charge in [0.15, 0.2) is 0 Å². The molecular weight excluding hydrogens is 261 g/mol. The molecule has 0 aliphatic carbocycles. The number of hydrogen-bond donors (Lipinski definition) is 2. The van der Waals surface area contributed by atoms with Crippen LogP contribution in [-0.2, 0) is 19.8 Å². The average Bonchev–Trinajstić information content (AvgIpc) is 2.67. The summed E-state index contributed by atoms with van der Waals surface area (Å²) in [5.74, 6) is 0.317. The summed E-state index contributed by atoms with van der Waals surface area (Å²) in [6.45, 7) is 0.195. The van der Waals surface area contributed by atoms with Crippen LogP contribution in [0, 0.1) is 0 Å². The number of hydrogen-bond acceptors (Lipinski definition) is 5. The molecule has 6 nitrogen and oxygen atoms in total. The normalized spacial score (nSPS) is 11.6. The number of anilines is 2. The molecule has 9 heteroatoms. The van der Waals surface area contributed by atoms with Gasteiger partial charge in [0, 0.05) is 25.4 Å². The van der Waals surface area contributed by atoms with Gasteiger partial charge in [0.25, 0.3) is 0 Å². The molecule has 0 fully saturated rings. The van der Waals surface area contributed by atoms with E-state index in [2.05, 4.69) is 20.4 Å². The fourth-order valence-corrected chi connectivity index (χ4v) is 1.40. The van der Waals surface area contributed by atoms with E-state index in [-0.39, 0.29) is 12.5 Å². The lowest BCUT2D eigenvalue weighted by atomic mass is 10.3. The first-order valence-corrected chi connectivity index (χ1v) is 5.28. The van der Waals surface area contributed by atoms with Crippen molar-refractivity contribution in [2.24, 2.45) is 7.05 Å².